The number of aryl methyl sites for hydroxylation is 1. The molecule has 1 unspecified atom stereocenters. The quantitative estimate of drug-likeness (QED) is 0.655. The van der Waals surface area contributed by atoms with Gasteiger partial charge in [-0.05, 0) is 48.7 Å². The molecule has 134 valence electrons. The number of rotatable bonds is 5. The van der Waals surface area contributed by atoms with Gasteiger partial charge in [0.1, 0.15) is 5.75 Å². The molecule has 3 aromatic rings. The minimum atomic E-state index is 0.267. The standard InChI is InChI=1S/C23H26N2O/c1-2-26-21-13-11-20(12-14-21)23-22-10-6-15-24(22)16-7-17-25(23)18-19-8-4-3-5-9-19/h3-6,8-15,23H,2,7,16-18H2,1H3. The van der Waals surface area contributed by atoms with E-state index in [9.17, 15) is 0 Å². The Labute approximate surface area is 155 Å². The second-order valence-corrected chi connectivity index (χ2v) is 6.84. The molecule has 0 saturated heterocycles. The summed E-state index contributed by atoms with van der Waals surface area (Å²) in [6.45, 7) is 5.86. The molecule has 0 radical (unpaired) electrons. The zero-order valence-electron chi connectivity index (χ0n) is 15.3. The van der Waals surface area contributed by atoms with Gasteiger partial charge in [0.05, 0.1) is 12.6 Å². The Morgan fingerprint density at radius 1 is 0.923 bits per heavy atom. The van der Waals surface area contributed by atoms with Gasteiger partial charge in [-0.2, -0.15) is 0 Å². The summed E-state index contributed by atoms with van der Waals surface area (Å²) in [6.07, 6.45) is 3.38. The SMILES string of the molecule is CCOc1ccc(C2c3cccn3CCCN2Cc2ccccc2)cc1. The Bertz CT molecular complexity index is 823. The van der Waals surface area contributed by atoms with Gasteiger partial charge in [-0.3, -0.25) is 4.90 Å². The first-order chi connectivity index (χ1) is 12.8. The monoisotopic (exact) mass is 346 g/mol. The van der Waals surface area contributed by atoms with Gasteiger partial charge in [0.2, 0.25) is 0 Å². The predicted molar refractivity (Wildman–Crippen MR) is 105 cm³/mol. The summed E-state index contributed by atoms with van der Waals surface area (Å²) >= 11 is 0. The van der Waals surface area contributed by atoms with Crippen molar-refractivity contribution < 1.29 is 4.74 Å². The van der Waals surface area contributed by atoms with Gasteiger partial charge >= 0.3 is 0 Å². The molecule has 0 N–H and O–H groups in total. The van der Waals surface area contributed by atoms with Crippen LogP contribution in [-0.4, -0.2) is 22.6 Å². The van der Waals surface area contributed by atoms with Gasteiger partial charge in [0.25, 0.3) is 0 Å². The van der Waals surface area contributed by atoms with E-state index in [1.807, 2.05) is 6.92 Å². The van der Waals surface area contributed by atoms with Crippen LogP contribution in [-0.2, 0) is 13.1 Å². The third-order valence-corrected chi connectivity index (χ3v) is 5.09. The second-order valence-electron chi connectivity index (χ2n) is 6.84. The topological polar surface area (TPSA) is 17.4 Å². The van der Waals surface area contributed by atoms with Crippen molar-refractivity contribution in [1.29, 1.82) is 0 Å². The molecular formula is C23H26N2O. The van der Waals surface area contributed by atoms with Crippen LogP contribution in [0.2, 0.25) is 0 Å². The number of ether oxygens (including phenoxy) is 1. The first-order valence-corrected chi connectivity index (χ1v) is 9.51. The lowest BCUT2D eigenvalue weighted by molar-refractivity contribution is 0.220. The lowest BCUT2D eigenvalue weighted by Crippen LogP contribution is -2.29. The van der Waals surface area contributed by atoms with Crippen LogP contribution < -0.4 is 4.74 Å². The molecule has 1 aromatic heterocycles. The van der Waals surface area contributed by atoms with E-state index in [2.05, 4.69) is 82.4 Å². The molecule has 3 heteroatoms. The van der Waals surface area contributed by atoms with Gasteiger partial charge in [0.15, 0.2) is 0 Å². The van der Waals surface area contributed by atoms with Crippen molar-refractivity contribution in [3.63, 3.8) is 0 Å². The Balaban J connectivity index is 1.69. The Morgan fingerprint density at radius 2 is 1.73 bits per heavy atom. The average molecular weight is 346 g/mol. The highest BCUT2D eigenvalue weighted by Crippen LogP contribution is 2.33. The molecular weight excluding hydrogens is 320 g/mol. The summed E-state index contributed by atoms with van der Waals surface area (Å²) in [5, 5.41) is 0. The van der Waals surface area contributed by atoms with E-state index >= 15 is 0 Å². The summed E-state index contributed by atoms with van der Waals surface area (Å²) in [5.74, 6) is 0.940. The van der Waals surface area contributed by atoms with Crippen molar-refractivity contribution in [2.45, 2.75) is 32.5 Å². The first-order valence-electron chi connectivity index (χ1n) is 9.51. The van der Waals surface area contributed by atoms with E-state index in [0.29, 0.717) is 6.61 Å². The molecule has 0 aliphatic carbocycles. The fraction of sp³-hybridized carbons (Fsp3) is 0.304. The highest BCUT2D eigenvalue weighted by Gasteiger charge is 2.27. The highest BCUT2D eigenvalue weighted by atomic mass is 16.5. The van der Waals surface area contributed by atoms with Crippen LogP contribution in [0.3, 0.4) is 0 Å². The minimum absolute atomic E-state index is 0.267. The average Bonchev–Trinajstić information content (AvgIpc) is 3.06. The number of fused-ring (bicyclic) bond motifs is 1. The summed E-state index contributed by atoms with van der Waals surface area (Å²) in [5.41, 5.74) is 4.07. The summed E-state index contributed by atoms with van der Waals surface area (Å²) in [7, 11) is 0. The van der Waals surface area contributed by atoms with Crippen LogP contribution in [0.25, 0.3) is 0 Å². The fourth-order valence-electron chi connectivity index (χ4n) is 3.92. The van der Waals surface area contributed by atoms with Crippen molar-refractivity contribution in [2.75, 3.05) is 13.2 Å². The second kappa shape index (κ2) is 7.79. The Kier molecular flexibility index (Phi) is 5.07. The Morgan fingerprint density at radius 3 is 2.50 bits per heavy atom. The van der Waals surface area contributed by atoms with Crippen LogP contribution >= 0.6 is 0 Å². The maximum absolute atomic E-state index is 5.63. The molecule has 0 fully saturated rings. The maximum atomic E-state index is 5.63. The van der Waals surface area contributed by atoms with E-state index in [0.717, 1.165) is 25.4 Å². The highest BCUT2D eigenvalue weighted by molar-refractivity contribution is 5.34. The fourth-order valence-corrected chi connectivity index (χ4v) is 3.92. The van der Waals surface area contributed by atoms with E-state index < -0.39 is 0 Å². The largest absolute Gasteiger partial charge is 0.494 e. The molecule has 1 atom stereocenters. The summed E-state index contributed by atoms with van der Waals surface area (Å²) in [4.78, 5) is 2.60. The number of hydrogen-bond donors (Lipinski definition) is 0. The molecule has 3 nitrogen and oxygen atoms in total. The van der Waals surface area contributed by atoms with Crippen LogP contribution in [0.15, 0.2) is 72.9 Å². The molecule has 26 heavy (non-hydrogen) atoms. The van der Waals surface area contributed by atoms with Gasteiger partial charge in [0, 0.05) is 31.5 Å². The van der Waals surface area contributed by atoms with Crippen LogP contribution in [0.4, 0.5) is 0 Å². The number of nitrogens with zero attached hydrogens (tertiary/aromatic N) is 2. The summed E-state index contributed by atoms with van der Waals surface area (Å²) < 4.78 is 8.04. The van der Waals surface area contributed by atoms with Crippen molar-refractivity contribution in [1.82, 2.24) is 9.47 Å². The van der Waals surface area contributed by atoms with Crippen LogP contribution in [0, 0.1) is 0 Å². The van der Waals surface area contributed by atoms with Crippen molar-refractivity contribution in [3.8, 4) is 5.75 Å². The third kappa shape index (κ3) is 3.54. The zero-order valence-corrected chi connectivity index (χ0v) is 15.3. The van der Waals surface area contributed by atoms with Crippen molar-refractivity contribution in [3.05, 3.63) is 89.7 Å². The van der Waals surface area contributed by atoms with Crippen LogP contribution in [0.5, 0.6) is 5.75 Å². The van der Waals surface area contributed by atoms with Gasteiger partial charge in [-0.1, -0.05) is 42.5 Å². The smallest absolute Gasteiger partial charge is 0.119 e. The number of aromatic nitrogens is 1. The van der Waals surface area contributed by atoms with Gasteiger partial charge in [-0.15, -0.1) is 0 Å². The lowest BCUT2D eigenvalue weighted by Gasteiger charge is -2.30. The molecule has 1 aliphatic rings. The van der Waals surface area contributed by atoms with E-state index in [1.54, 1.807) is 0 Å². The maximum Gasteiger partial charge on any atom is 0.119 e. The Hall–Kier alpha value is -2.52. The predicted octanol–water partition coefficient (Wildman–Crippen LogP) is 4.88. The van der Waals surface area contributed by atoms with Crippen molar-refractivity contribution in [2.24, 2.45) is 0 Å². The normalized spacial score (nSPS) is 17.5. The van der Waals surface area contributed by atoms with E-state index in [4.69, 9.17) is 4.74 Å². The molecule has 2 heterocycles. The molecule has 4 rings (SSSR count). The zero-order chi connectivity index (χ0) is 17.8. The van der Waals surface area contributed by atoms with Crippen molar-refractivity contribution >= 4 is 0 Å². The number of hydrogen-bond acceptors (Lipinski definition) is 2. The number of benzene rings is 2. The van der Waals surface area contributed by atoms with Gasteiger partial charge < -0.3 is 9.30 Å². The lowest BCUT2D eigenvalue weighted by atomic mass is 10.0. The third-order valence-electron chi connectivity index (χ3n) is 5.09. The van der Waals surface area contributed by atoms with E-state index in [-0.39, 0.29) is 6.04 Å². The van der Waals surface area contributed by atoms with E-state index in [1.165, 1.54) is 23.2 Å². The van der Waals surface area contributed by atoms with Crippen LogP contribution in [0.1, 0.15) is 36.2 Å². The molecule has 0 amide bonds. The minimum Gasteiger partial charge on any atom is -0.494 e. The molecule has 2 aromatic carbocycles. The molecule has 0 bridgehead atoms. The molecule has 0 saturated carbocycles. The summed E-state index contributed by atoms with van der Waals surface area (Å²) in [6, 6.07) is 24.1. The first kappa shape index (κ1) is 16.9. The molecule has 0 spiro atoms. The van der Waals surface area contributed by atoms with Gasteiger partial charge in [-0.25, -0.2) is 0 Å². The molecule has 1 aliphatic heterocycles.